The monoisotopic (exact) mass is 332 g/mol. The van der Waals surface area contributed by atoms with Crippen LogP contribution in [-0.2, 0) is 19.7 Å². The molecule has 6 heteroatoms. The quantitative estimate of drug-likeness (QED) is 0.729. The first-order chi connectivity index (χ1) is 9.21. The van der Waals surface area contributed by atoms with Gasteiger partial charge in [0.25, 0.3) is 0 Å². The van der Waals surface area contributed by atoms with Crippen LogP contribution in [0.15, 0.2) is 22.0 Å². The van der Waals surface area contributed by atoms with E-state index >= 15 is 0 Å². The molecule has 0 spiro atoms. The summed E-state index contributed by atoms with van der Waals surface area (Å²) in [6.45, 7) is 9.70. The molecule has 2 rings (SSSR count). The predicted molar refractivity (Wildman–Crippen MR) is 85.1 cm³/mol. The fourth-order valence-corrected chi connectivity index (χ4v) is 6.73. The summed E-state index contributed by atoms with van der Waals surface area (Å²) in [7, 11) is -7.30. The average molecular weight is 332 g/mol. The molecule has 120 valence electrons. The van der Waals surface area contributed by atoms with Gasteiger partial charge in [-0.3, -0.25) is 0 Å². The third kappa shape index (κ3) is 2.31. The highest BCUT2D eigenvalue weighted by Crippen LogP contribution is 2.51. The number of allylic oxidation sites excluding steroid dienone is 4. The van der Waals surface area contributed by atoms with Crippen LogP contribution >= 0.6 is 0 Å². The Labute approximate surface area is 128 Å². The first kappa shape index (κ1) is 16.7. The molecule has 2 aliphatic carbocycles. The molecule has 4 nitrogen and oxygen atoms in total. The molecule has 0 aromatic heterocycles. The fourth-order valence-electron chi connectivity index (χ4n) is 2.78. The van der Waals surface area contributed by atoms with Crippen LogP contribution in [0.4, 0.5) is 0 Å². The van der Waals surface area contributed by atoms with Gasteiger partial charge in [-0.2, -0.15) is 0 Å². The molecule has 0 amide bonds. The Kier molecular flexibility index (Phi) is 3.54. The van der Waals surface area contributed by atoms with Crippen LogP contribution in [0.3, 0.4) is 0 Å². The zero-order chi connectivity index (χ0) is 16.4. The van der Waals surface area contributed by atoms with Gasteiger partial charge in [-0.1, -0.05) is 12.2 Å². The van der Waals surface area contributed by atoms with Gasteiger partial charge in [0.15, 0.2) is 19.7 Å². The van der Waals surface area contributed by atoms with Crippen molar-refractivity contribution in [3.8, 4) is 0 Å². The van der Waals surface area contributed by atoms with E-state index in [4.69, 9.17) is 0 Å². The summed E-state index contributed by atoms with van der Waals surface area (Å²) >= 11 is 0. The van der Waals surface area contributed by atoms with Crippen molar-refractivity contribution in [3.63, 3.8) is 0 Å². The normalized spacial score (nSPS) is 26.8. The molecule has 0 saturated carbocycles. The highest BCUT2D eigenvalue weighted by atomic mass is 32.2. The smallest absolute Gasteiger partial charge is 0.181 e. The van der Waals surface area contributed by atoms with Crippen molar-refractivity contribution in [1.29, 1.82) is 0 Å². The van der Waals surface area contributed by atoms with Gasteiger partial charge in [-0.25, -0.2) is 16.8 Å². The molecule has 0 saturated heterocycles. The Morgan fingerprint density at radius 3 is 1.29 bits per heavy atom. The minimum atomic E-state index is -3.65. The minimum Gasteiger partial charge on any atom is -0.223 e. The Hall–Kier alpha value is -0.620. The molecule has 2 atom stereocenters. The van der Waals surface area contributed by atoms with Gasteiger partial charge in [0.1, 0.15) is 0 Å². The second kappa shape index (κ2) is 4.44. The van der Waals surface area contributed by atoms with Crippen molar-refractivity contribution in [2.75, 3.05) is 0 Å². The van der Waals surface area contributed by atoms with E-state index in [0.29, 0.717) is 6.42 Å². The van der Waals surface area contributed by atoms with Gasteiger partial charge >= 0.3 is 0 Å². The summed E-state index contributed by atoms with van der Waals surface area (Å²) in [6.07, 6.45) is 4.24. The Balaban J connectivity index is 2.77. The SMILES string of the molecule is CC(C)(C)S(=O)(=O)C1=C(S(=O)(=O)C(C)(C)C)C2C=CC1C2. The Morgan fingerprint density at radius 1 is 0.762 bits per heavy atom. The van der Waals surface area contributed by atoms with E-state index in [-0.39, 0.29) is 21.6 Å². The van der Waals surface area contributed by atoms with Crippen molar-refractivity contribution in [1.82, 2.24) is 0 Å². The highest BCUT2D eigenvalue weighted by molar-refractivity contribution is 8.00. The lowest BCUT2D eigenvalue weighted by atomic mass is 10.2. The van der Waals surface area contributed by atoms with E-state index in [0.717, 1.165) is 0 Å². The lowest BCUT2D eigenvalue weighted by molar-refractivity contribution is 0.559. The van der Waals surface area contributed by atoms with Crippen molar-refractivity contribution >= 4 is 19.7 Å². The van der Waals surface area contributed by atoms with Crippen LogP contribution in [0.1, 0.15) is 48.0 Å². The van der Waals surface area contributed by atoms with E-state index in [2.05, 4.69) is 0 Å². The van der Waals surface area contributed by atoms with Gasteiger partial charge < -0.3 is 0 Å². The van der Waals surface area contributed by atoms with E-state index in [1.807, 2.05) is 12.2 Å². The standard InChI is InChI=1S/C15H24O4S2/c1-14(2,3)20(16,17)12-10-7-8-11(9-10)13(12)21(18,19)15(4,5)6/h7-8,10-11H,9H2,1-6H3. The number of hydrogen-bond acceptors (Lipinski definition) is 4. The van der Waals surface area contributed by atoms with Gasteiger partial charge in [-0.15, -0.1) is 0 Å². The summed E-state index contributed by atoms with van der Waals surface area (Å²) in [5.74, 6) is -0.572. The van der Waals surface area contributed by atoms with Crippen LogP contribution in [0.5, 0.6) is 0 Å². The van der Waals surface area contributed by atoms with Crippen LogP contribution in [0, 0.1) is 11.8 Å². The Morgan fingerprint density at radius 2 is 1.05 bits per heavy atom. The van der Waals surface area contributed by atoms with Crippen LogP contribution in [-0.4, -0.2) is 26.3 Å². The Bertz CT molecular complexity index is 662. The topological polar surface area (TPSA) is 68.3 Å². The first-order valence-electron chi connectivity index (χ1n) is 7.13. The number of hydrogen-bond donors (Lipinski definition) is 0. The first-order valence-corrected chi connectivity index (χ1v) is 10.1. The van der Waals surface area contributed by atoms with Crippen LogP contribution < -0.4 is 0 Å². The number of rotatable bonds is 2. The third-order valence-electron chi connectivity index (χ3n) is 4.19. The van der Waals surface area contributed by atoms with Gasteiger partial charge in [0.05, 0.1) is 19.3 Å². The molecule has 0 N–H and O–H groups in total. The highest BCUT2D eigenvalue weighted by Gasteiger charge is 2.51. The third-order valence-corrected chi connectivity index (χ3v) is 9.75. The average Bonchev–Trinajstić information content (AvgIpc) is 2.84. The summed E-state index contributed by atoms with van der Waals surface area (Å²) in [4.78, 5) is 0.273. The zero-order valence-corrected chi connectivity index (χ0v) is 15.1. The van der Waals surface area contributed by atoms with Crippen LogP contribution in [0.25, 0.3) is 0 Å². The number of sulfone groups is 2. The molecule has 2 aliphatic rings. The second-order valence-corrected chi connectivity index (χ2v) is 13.1. The minimum absolute atomic E-state index is 0.137. The molecule has 2 bridgehead atoms. The van der Waals surface area contributed by atoms with Crippen LogP contribution in [0.2, 0.25) is 0 Å². The van der Waals surface area contributed by atoms with Gasteiger partial charge in [0, 0.05) is 11.8 Å². The van der Waals surface area contributed by atoms with Gasteiger partial charge in [-0.05, 0) is 48.0 Å². The molecule has 0 aliphatic heterocycles. The summed E-state index contributed by atoms with van der Waals surface area (Å²) < 4.78 is 49.5. The lowest BCUT2D eigenvalue weighted by Crippen LogP contribution is -2.35. The number of fused-ring (bicyclic) bond motifs is 2. The molecule has 0 aromatic carbocycles. The van der Waals surface area contributed by atoms with E-state index < -0.39 is 29.2 Å². The van der Waals surface area contributed by atoms with Crippen molar-refractivity contribution in [2.45, 2.75) is 57.5 Å². The summed E-state index contributed by atoms with van der Waals surface area (Å²) in [5, 5.41) is 0. The molecular formula is C15H24O4S2. The van der Waals surface area contributed by atoms with E-state index in [1.165, 1.54) is 0 Å². The van der Waals surface area contributed by atoms with E-state index in [1.54, 1.807) is 41.5 Å². The largest absolute Gasteiger partial charge is 0.223 e. The summed E-state index contributed by atoms with van der Waals surface area (Å²) in [5.41, 5.74) is 0. The zero-order valence-electron chi connectivity index (χ0n) is 13.5. The summed E-state index contributed by atoms with van der Waals surface area (Å²) in [6, 6.07) is 0. The molecule has 0 fully saturated rings. The van der Waals surface area contributed by atoms with E-state index in [9.17, 15) is 16.8 Å². The van der Waals surface area contributed by atoms with Crippen molar-refractivity contribution in [3.05, 3.63) is 22.0 Å². The molecule has 0 aromatic rings. The maximum absolute atomic E-state index is 12.9. The molecule has 0 heterocycles. The molecule has 21 heavy (non-hydrogen) atoms. The molecular weight excluding hydrogens is 308 g/mol. The second-order valence-electron chi connectivity index (χ2n) is 7.79. The van der Waals surface area contributed by atoms with Crippen molar-refractivity contribution in [2.24, 2.45) is 11.8 Å². The fraction of sp³-hybridized carbons (Fsp3) is 0.733. The van der Waals surface area contributed by atoms with Gasteiger partial charge in [0.2, 0.25) is 0 Å². The maximum Gasteiger partial charge on any atom is 0.181 e. The molecule has 0 radical (unpaired) electrons. The molecule has 2 unspecified atom stereocenters. The predicted octanol–water partition coefficient (Wildman–Crippen LogP) is 2.83. The lowest BCUT2D eigenvalue weighted by Gasteiger charge is -2.28. The maximum atomic E-state index is 12.9. The van der Waals surface area contributed by atoms with Crippen molar-refractivity contribution < 1.29 is 16.8 Å².